The summed E-state index contributed by atoms with van der Waals surface area (Å²) in [5.74, 6) is 1.92. The fourth-order valence-corrected chi connectivity index (χ4v) is 4.73. The zero-order valence-corrected chi connectivity index (χ0v) is 17.4. The third kappa shape index (κ3) is 3.67. The Morgan fingerprint density at radius 2 is 1.63 bits per heavy atom. The second kappa shape index (κ2) is 7.75. The van der Waals surface area contributed by atoms with Crippen molar-refractivity contribution in [1.29, 1.82) is 0 Å². The fraction of sp³-hybridized carbons (Fsp3) is 0.500. The van der Waals surface area contributed by atoms with Crippen LogP contribution in [0.3, 0.4) is 0 Å². The Kier molecular flexibility index (Phi) is 4.94. The van der Waals surface area contributed by atoms with E-state index < -0.39 is 0 Å². The molecule has 4 heterocycles. The van der Waals surface area contributed by atoms with Gasteiger partial charge in [0.15, 0.2) is 0 Å². The van der Waals surface area contributed by atoms with Gasteiger partial charge in [-0.2, -0.15) is 0 Å². The van der Waals surface area contributed by atoms with Crippen molar-refractivity contribution in [2.24, 2.45) is 5.41 Å². The molecule has 5 rings (SSSR count). The second-order valence-electron chi connectivity index (χ2n) is 8.62. The standard InChI is InChI=1S/C22H28N6O2/c1-30-19-5-3-18(4-6-19)27-14-22(15-27)16-28(17-22)20(29)13-25-9-11-26(12-10-25)21-23-7-2-8-24-21/h2-8H,9-17H2,1H3. The normalized spacial score (nSPS) is 20.6. The molecule has 0 N–H and O–H groups in total. The number of amides is 1. The number of methoxy groups -OCH3 is 1. The van der Waals surface area contributed by atoms with Gasteiger partial charge in [0.1, 0.15) is 5.75 Å². The van der Waals surface area contributed by atoms with Gasteiger partial charge in [-0.1, -0.05) is 0 Å². The van der Waals surface area contributed by atoms with E-state index in [1.54, 1.807) is 19.5 Å². The van der Waals surface area contributed by atoms with Crippen LogP contribution in [-0.4, -0.2) is 91.7 Å². The highest BCUT2D eigenvalue weighted by Crippen LogP contribution is 2.42. The molecule has 0 bridgehead atoms. The summed E-state index contributed by atoms with van der Waals surface area (Å²) < 4.78 is 5.23. The molecule has 3 saturated heterocycles. The van der Waals surface area contributed by atoms with Crippen molar-refractivity contribution >= 4 is 17.5 Å². The first-order valence-electron chi connectivity index (χ1n) is 10.6. The van der Waals surface area contributed by atoms with Crippen LogP contribution in [0.1, 0.15) is 0 Å². The van der Waals surface area contributed by atoms with Gasteiger partial charge in [-0.15, -0.1) is 0 Å². The van der Waals surface area contributed by atoms with E-state index in [2.05, 4.69) is 36.8 Å². The lowest BCUT2D eigenvalue weighted by molar-refractivity contribution is -0.146. The van der Waals surface area contributed by atoms with Crippen molar-refractivity contribution in [2.75, 3.05) is 75.8 Å². The number of ether oxygens (including phenoxy) is 1. The number of rotatable bonds is 5. The molecule has 3 aliphatic rings. The van der Waals surface area contributed by atoms with Crippen molar-refractivity contribution in [3.63, 3.8) is 0 Å². The van der Waals surface area contributed by atoms with Gasteiger partial charge in [0.05, 0.1) is 13.7 Å². The maximum Gasteiger partial charge on any atom is 0.236 e. The van der Waals surface area contributed by atoms with E-state index >= 15 is 0 Å². The maximum atomic E-state index is 12.7. The molecule has 8 nitrogen and oxygen atoms in total. The Hall–Kier alpha value is -2.87. The number of nitrogens with zero attached hydrogens (tertiary/aromatic N) is 6. The summed E-state index contributed by atoms with van der Waals surface area (Å²) in [6.45, 7) is 7.80. The zero-order valence-electron chi connectivity index (χ0n) is 17.4. The van der Waals surface area contributed by atoms with Crippen molar-refractivity contribution in [2.45, 2.75) is 0 Å². The van der Waals surface area contributed by atoms with E-state index in [9.17, 15) is 4.79 Å². The third-order valence-electron chi connectivity index (χ3n) is 6.46. The molecule has 0 saturated carbocycles. The minimum absolute atomic E-state index is 0.257. The van der Waals surface area contributed by atoms with E-state index in [0.29, 0.717) is 12.0 Å². The molecule has 0 unspecified atom stereocenters. The number of anilines is 2. The first-order valence-corrected chi connectivity index (χ1v) is 10.6. The van der Waals surface area contributed by atoms with Crippen LogP contribution in [0.15, 0.2) is 42.7 Å². The van der Waals surface area contributed by atoms with E-state index in [0.717, 1.165) is 64.1 Å². The molecule has 0 atom stereocenters. The second-order valence-corrected chi connectivity index (χ2v) is 8.62. The molecule has 3 fully saturated rings. The summed E-state index contributed by atoms with van der Waals surface area (Å²) in [6, 6.07) is 10.0. The molecule has 3 aliphatic heterocycles. The number of hydrogen-bond acceptors (Lipinski definition) is 7. The highest BCUT2D eigenvalue weighted by molar-refractivity contribution is 5.79. The van der Waals surface area contributed by atoms with Crippen LogP contribution in [-0.2, 0) is 4.79 Å². The lowest BCUT2D eigenvalue weighted by atomic mass is 9.72. The van der Waals surface area contributed by atoms with Gasteiger partial charge in [-0.05, 0) is 30.3 Å². The summed E-state index contributed by atoms with van der Waals surface area (Å²) in [4.78, 5) is 30.2. The quantitative estimate of drug-likeness (QED) is 0.730. The molecule has 1 aromatic carbocycles. The topological polar surface area (TPSA) is 65.0 Å². The van der Waals surface area contributed by atoms with Crippen LogP contribution in [0.4, 0.5) is 11.6 Å². The van der Waals surface area contributed by atoms with Gasteiger partial charge in [0.25, 0.3) is 0 Å². The van der Waals surface area contributed by atoms with Crippen LogP contribution in [0, 0.1) is 5.41 Å². The minimum Gasteiger partial charge on any atom is -0.497 e. The average Bonchev–Trinajstić information content (AvgIpc) is 2.73. The highest BCUT2D eigenvalue weighted by Gasteiger charge is 2.53. The molecule has 0 aliphatic carbocycles. The number of benzene rings is 1. The predicted octanol–water partition coefficient (Wildman–Crippen LogP) is 0.956. The van der Waals surface area contributed by atoms with Gasteiger partial charge >= 0.3 is 0 Å². The zero-order chi connectivity index (χ0) is 20.6. The van der Waals surface area contributed by atoms with Crippen LogP contribution in [0.2, 0.25) is 0 Å². The molecule has 8 heteroatoms. The molecular formula is C22H28N6O2. The molecular weight excluding hydrogens is 380 g/mol. The number of aromatic nitrogens is 2. The molecule has 1 aromatic heterocycles. The Morgan fingerprint density at radius 1 is 0.967 bits per heavy atom. The summed E-state index contributed by atoms with van der Waals surface area (Å²) in [5.41, 5.74) is 1.52. The van der Waals surface area contributed by atoms with Crippen molar-refractivity contribution in [3.8, 4) is 5.75 Å². The Bertz CT molecular complexity index is 868. The van der Waals surface area contributed by atoms with Gasteiger partial charge in [-0.3, -0.25) is 9.69 Å². The monoisotopic (exact) mass is 408 g/mol. The van der Waals surface area contributed by atoms with Crippen LogP contribution in [0.5, 0.6) is 5.75 Å². The van der Waals surface area contributed by atoms with Crippen molar-refractivity contribution in [3.05, 3.63) is 42.7 Å². The average molecular weight is 409 g/mol. The van der Waals surface area contributed by atoms with Crippen molar-refractivity contribution < 1.29 is 9.53 Å². The molecule has 2 aromatic rings. The number of piperazine rings is 1. The highest BCUT2D eigenvalue weighted by atomic mass is 16.5. The maximum absolute atomic E-state index is 12.7. The minimum atomic E-state index is 0.257. The van der Waals surface area contributed by atoms with E-state index in [1.807, 2.05) is 23.1 Å². The van der Waals surface area contributed by atoms with E-state index in [-0.39, 0.29) is 5.91 Å². The summed E-state index contributed by atoms with van der Waals surface area (Å²) >= 11 is 0. The van der Waals surface area contributed by atoms with Gasteiger partial charge in [0.2, 0.25) is 11.9 Å². The summed E-state index contributed by atoms with van der Waals surface area (Å²) in [6.07, 6.45) is 3.54. The molecule has 1 spiro atoms. The predicted molar refractivity (Wildman–Crippen MR) is 115 cm³/mol. The summed E-state index contributed by atoms with van der Waals surface area (Å²) in [7, 11) is 1.69. The van der Waals surface area contributed by atoms with Gasteiger partial charge in [0, 0.05) is 75.9 Å². The number of hydrogen-bond donors (Lipinski definition) is 0. The van der Waals surface area contributed by atoms with E-state index in [1.165, 1.54) is 5.69 Å². The Labute approximate surface area is 177 Å². The number of likely N-dealkylation sites (tertiary alicyclic amines) is 1. The Balaban J connectivity index is 1.05. The van der Waals surface area contributed by atoms with Crippen LogP contribution in [0.25, 0.3) is 0 Å². The number of carbonyl (C=O) groups is 1. The van der Waals surface area contributed by atoms with Crippen molar-refractivity contribution in [1.82, 2.24) is 19.8 Å². The third-order valence-corrected chi connectivity index (χ3v) is 6.46. The first-order chi connectivity index (χ1) is 14.6. The largest absolute Gasteiger partial charge is 0.497 e. The van der Waals surface area contributed by atoms with Crippen LogP contribution >= 0.6 is 0 Å². The molecule has 0 radical (unpaired) electrons. The lowest BCUT2D eigenvalue weighted by Crippen LogP contribution is -2.73. The molecule has 158 valence electrons. The fourth-order valence-electron chi connectivity index (χ4n) is 4.73. The van der Waals surface area contributed by atoms with E-state index in [4.69, 9.17) is 4.74 Å². The first kappa shape index (κ1) is 19.1. The Morgan fingerprint density at radius 3 is 2.27 bits per heavy atom. The van der Waals surface area contributed by atoms with Crippen LogP contribution < -0.4 is 14.5 Å². The number of carbonyl (C=O) groups excluding carboxylic acids is 1. The van der Waals surface area contributed by atoms with Gasteiger partial charge in [-0.25, -0.2) is 9.97 Å². The smallest absolute Gasteiger partial charge is 0.236 e. The molecule has 1 amide bonds. The van der Waals surface area contributed by atoms with Gasteiger partial charge < -0.3 is 19.4 Å². The molecule has 30 heavy (non-hydrogen) atoms. The lowest BCUT2D eigenvalue weighted by Gasteiger charge is -2.61. The SMILES string of the molecule is COc1ccc(N2CC3(CN(C(=O)CN4CCN(c5ncccn5)CC4)C3)C2)cc1. The summed E-state index contributed by atoms with van der Waals surface area (Å²) in [5, 5.41) is 0.